The molecule has 8 heteroatoms. The number of carbonyl (C=O) groups excluding carboxylic acids is 1. The number of nitrogens with zero attached hydrogens (tertiary/aromatic N) is 3. The van der Waals surface area contributed by atoms with Crippen molar-refractivity contribution >= 4 is 28.9 Å². The third-order valence-corrected chi connectivity index (χ3v) is 5.70. The Morgan fingerprint density at radius 2 is 1.90 bits per heavy atom. The van der Waals surface area contributed by atoms with Crippen LogP contribution in [0.15, 0.2) is 59.9 Å². The van der Waals surface area contributed by atoms with E-state index in [0.29, 0.717) is 5.03 Å². The second-order valence-electron chi connectivity index (χ2n) is 6.86. The van der Waals surface area contributed by atoms with Crippen molar-refractivity contribution in [3.63, 3.8) is 0 Å². The summed E-state index contributed by atoms with van der Waals surface area (Å²) in [6.45, 7) is 4.12. The number of anilines is 1. The van der Waals surface area contributed by atoms with Gasteiger partial charge < -0.3 is 5.32 Å². The van der Waals surface area contributed by atoms with Crippen LogP contribution in [-0.4, -0.2) is 26.3 Å². The van der Waals surface area contributed by atoms with E-state index in [4.69, 9.17) is 0 Å². The first-order valence-electron chi connectivity index (χ1n) is 9.20. The number of nitrogens with one attached hydrogen (secondary N) is 1. The first-order valence-corrected chi connectivity index (χ1v) is 10.2. The average Bonchev–Trinajstić information content (AvgIpc) is 3.16. The molecule has 0 aliphatic carbocycles. The Morgan fingerprint density at radius 3 is 2.67 bits per heavy atom. The molecule has 1 N–H and O–H groups in total. The van der Waals surface area contributed by atoms with E-state index >= 15 is 0 Å². The topological polar surface area (TPSA) is 59.3 Å². The lowest BCUT2D eigenvalue weighted by molar-refractivity contribution is -0.113. The summed E-state index contributed by atoms with van der Waals surface area (Å²) in [5.74, 6) is -2.25. The first-order chi connectivity index (χ1) is 14.4. The summed E-state index contributed by atoms with van der Waals surface area (Å²) in [5, 5.41) is 7.82. The number of aromatic nitrogens is 3. The molecular formula is C22H18F2N4OS. The summed E-state index contributed by atoms with van der Waals surface area (Å²) in [6.07, 6.45) is 3.38. The van der Waals surface area contributed by atoms with Gasteiger partial charge in [0.15, 0.2) is 11.6 Å². The van der Waals surface area contributed by atoms with Crippen LogP contribution in [0, 0.1) is 25.5 Å². The maximum Gasteiger partial charge on any atom is 0.234 e. The average molecular weight is 424 g/mol. The Labute approximate surface area is 176 Å². The van der Waals surface area contributed by atoms with Crippen LogP contribution in [0.2, 0.25) is 0 Å². The molecule has 0 aliphatic heterocycles. The Bertz CT molecular complexity index is 1260. The third-order valence-electron chi connectivity index (χ3n) is 4.70. The van der Waals surface area contributed by atoms with Gasteiger partial charge in [-0.1, -0.05) is 23.9 Å². The Morgan fingerprint density at radius 1 is 1.07 bits per heavy atom. The van der Waals surface area contributed by atoms with Crippen molar-refractivity contribution in [1.29, 1.82) is 0 Å². The molecule has 1 amide bonds. The third kappa shape index (κ3) is 4.18. The molecule has 2 aromatic heterocycles. The largest absolute Gasteiger partial charge is 0.325 e. The van der Waals surface area contributed by atoms with Gasteiger partial charge in [-0.15, -0.1) is 0 Å². The first kappa shape index (κ1) is 20.0. The van der Waals surface area contributed by atoms with E-state index in [1.807, 2.05) is 12.1 Å². The lowest BCUT2D eigenvalue weighted by Gasteiger charge is -2.06. The number of rotatable bonds is 5. The molecule has 4 aromatic rings. The molecule has 5 nitrogen and oxygen atoms in total. The monoisotopic (exact) mass is 424 g/mol. The van der Waals surface area contributed by atoms with Crippen molar-refractivity contribution in [3.05, 3.63) is 77.6 Å². The Hall–Kier alpha value is -3.26. The van der Waals surface area contributed by atoms with E-state index in [0.717, 1.165) is 28.9 Å². The molecule has 0 atom stereocenters. The number of carbonyl (C=O) groups is 1. The molecule has 2 heterocycles. The van der Waals surface area contributed by atoms with Crippen molar-refractivity contribution in [2.24, 2.45) is 0 Å². The van der Waals surface area contributed by atoms with Crippen LogP contribution >= 0.6 is 11.8 Å². The molecule has 0 aliphatic rings. The minimum absolute atomic E-state index is 0.0653. The Kier molecular flexibility index (Phi) is 5.50. The number of aryl methyl sites for hydroxylation is 2. The van der Waals surface area contributed by atoms with Gasteiger partial charge in [-0.25, -0.2) is 18.3 Å². The molecule has 0 unspecified atom stereocenters. The fourth-order valence-electron chi connectivity index (χ4n) is 2.96. The van der Waals surface area contributed by atoms with Crippen molar-refractivity contribution in [2.75, 3.05) is 11.1 Å². The van der Waals surface area contributed by atoms with E-state index < -0.39 is 11.6 Å². The van der Waals surface area contributed by atoms with Crippen LogP contribution in [0.25, 0.3) is 16.8 Å². The number of amides is 1. The fraction of sp³-hybridized carbons (Fsp3) is 0.136. The minimum atomic E-state index is -1.01. The molecule has 0 saturated heterocycles. The highest BCUT2D eigenvalue weighted by Gasteiger charge is 2.12. The van der Waals surface area contributed by atoms with Crippen LogP contribution in [0.1, 0.15) is 11.1 Å². The van der Waals surface area contributed by atoms with E-state index in [1.54, 1.807) is 16.9 Å². The summed E-state index contributed by atoms with van der Waals surface area (Å²) in [6, 6.07) is 11.3. The van der Waals surface area contributed by atoms with Gasteiger partial charge in [-0.2, -0.15) is 5.10 Å². The highest BCUT2D eigenvalue weighted by Crippen LogP contribution is 2.27. The lowest BCUT2D eigenvalue weighted by atomic mass is 10.0. The molecule has 0 saturated carbocycles. The second-order valence-corrected chi connectivity index (χ2v) is 7.82. The molecular weight excluding hydrogens is 406 g/mol. The van der Waals surface area contributed by atoms with E-state index in [1.165, 1.54) is 29.0 Å². The molecule has 4 rings (SSSR count). The zero-order valence-corrected chi connectivity index (χ0v) is 17.1. The zero-order valence-electron chi connectivity index (χ0n) is 16.3. The highest BCUT2D eigenvalue weighted by molar-refractivity contribution is 8.00. The molecule has 2 aromatic carbocycles. The van der Waals surface area contributed by atoms with Crippen LogP contribution in [0.3, 0.4) is 0 Å². The summed E-state index contributed by atoms with van der Waals surface area (Å²) in [7, 11) is 0. The van der Waals surface area contributed by atoms with Crippen molar-refractivity contribution in [2.45, 2.75) is 18.9 Å². The standard InChI is InChI=1S/C22H18F2N4OS/c1-13-3-4-15(9-14(13)2)19-11-20-22(25-7-8-28(20)27-19)30-12-21(29)26-16-5-6-17(23)18(24)10-16/h3-11H,12H2,1-2H3,(H,26,29). The maximum atomic E-state index is 13.3. The molecule has 0 bridgehead atoms. The molecule has 152 valence electrons. The van der Waals surface area contributed by atoms with E-state index in [2.05, 4.69) is 41.4 Å². The van der Waals surface area contributed by atoms with Crippen LogP contribution in [0.4, 0.5) is 14.5 Å². The van der Waals surface area contributed by atoms with Crippen molar-refractivity contribution in [3.8, 4) is 11.3 Å². The summed E-state index contributed by atoms with van der Waals surface area (Å²) >= 11 is 1.25. The van der Waals surface area contributed by atoms with E-state index in [9.17, 15) is 13.6 Å². The number of hydrogen-bond acceptors (Lipinski definition) is 4. The summed E-state index contributed by atoms with van der Waals surface area (Å²) in [4.78, 5) is 16.6. The van der Waals surface area contributed by atoms with Crippen molar-refractivity contribution < 1.29 is 13.6 Å². The normalized spacial score (nSPS) is 11.1. The van der Waals surface area contributed by atoms with Gasteiger partial charge in [0, 0.05) is 29.7 Å². The quantitative estimate of drug-likeness (QED) is 0.457. The van der Waals surface area contributed by atoms with Gasteiger partial charge in [0.25, 0.3) is 0 Å². The SMILES string of the molecule is Cc1ccc(-c2cc3c(SCC(=O)Nc4ccc(F)c(F)c4)nccn3n2)cc1C. The molecule has 0 spiro atoms. The number of benzene rings is 2. The minimum Gasteiger partial charge on any atom is -0.325 e. The number of hydrogen-bond donors (Lipinski definition) is 1. The highest BCUT2D eigenvalue weighted by atomic mass is 32.2. The number of thioether (sulfide) groups is 1. The second kappa shape index (κ2) is 8.23. The van der Waals surface area contributed by atoms with Crippen LogP contribution < -0.4 is 5.32 Å². The fourth-order valence-corrected chi connectivity index (χ4v) is 3.73. The van der Waals surface area contributed by atoms with Gasteiger partial charge >= 0.3 is 0 Å². The summed E-state index contributed by atoms with van der Waals surface area (Å²) < 4.78 is 28.0. The van der Waals surface area contributed by atoms with Crippen molar-refractivity contribution in [1.82, 2.24) is 14.6 Å². The van der Waals surface area contributed by atoms with Gasteiger partial charge in [-0.05, 0) is 49.2 Å². The zero-order chi connectivity index (χ0) is 21.3. The van der Waals surface area contributed by atoms with Crippen LogP contribution in [-0.2, 0) is 4.79 Å². The maximum absolute atomic E-state index is 13.3. The number of halogens is 2. The number of fused-ring (bicyclic) bond motifs is 1. The van der Waals surface area contributed by atoms with Gasteiger partial charge in [0.2, 0.25) is 5.91 Å². The molecule has 0 radical (unpaired) electrons. The van der Waals surface area contributed by atoms with Gasteiger partial charge in [-0.3, -0.25) is 4.79 Å². The smallest absolute Gasteiger partial charge is 0.234 e. The Balaban J connectivity index is 1.51. The van der Waals surface area contributed by atoms with Crippen LogP contribution in [0.5, 0.6) is 0 Å². The molecule has 30 heavy (non-hydrogen) atoms. The molecule has 0 fully saturated rings. The summed E-state index contributed by atoms with van der Waals surface area (Å²) in [5.41, 5.74) is 5.22. The predicted molar refractivity (Wildman–Crippen MR) is 114 cm³/mol. The van der Waals surface area contributed by atoms with Gasteiger partial charge in [0.05, 0.1) is 17.0 Å². The van der Waals surface area contributed by atoms with E-state index in [-0.39, 0.29) is 17.3 Å². The lowest BCUT2D eigenvalue weighted by Crippen LogP contribution is -2.14. The van der Waals surface area contributed by atoms with Gasteiger partial charge in [0.1, 0.15) is 5.03 Å². The predicted octanol–water partition coefficient (Wildman–Crippen LogP) is 5.02.